The summed E-state index contributed by atoms with van der Waals surface area (Å²) < 4.78 is 27.0. The van der Waals surface area contributed by atoms with Crippen molar-refractivity contribution in [2.45, 2.75) is 11.8 Å². The SMILES string of the molecule is Cc1ncc(S(=O)(=O)Nc2ccncn2)cc1Br. The van der Waals surface area contributed by atoms with E-state index in [1.54, 1.807) is 6.92 Å². The molecule has 0 saturated heterocycles. The molecule has 2 rings (SSSR count). The molecular formula is C10H9BrN4O2S. The largest absolute Gasteiger partial charge is 0.264 e. The van der Waals surface area contributed by atoms with E-state index in [2.05, 4.69) is 35.6 Å². The van der Waals surface area contributed by atoms with E-state index < -0.39 is 10.0 Å². The first-order valence-electron chi connectivity index (χ1n) is 4.90. The highest BCUT2D eigenvalue weighted by molar-refractivity contribution is 9.10. The van der Waals surface area contributed by atoms with E-state index in [4.69, 9.17) is 0 Å². The van der Waals surface area contributed by atoms with Crippen molar-refractivity contribution in [2.75, 3.05) is 4.72 Å². The fraction of sp³-hybridized carbons (Fsp3) is 0.100. The predicted octanol–water partition coefficient (Wildman–Crippen LogP) is 1.74. The number of anilines is 1. The zero-order valence-corrected chi connectivity index (χ0v) is 11.7. The lowest BCUT2D eigenvalue weighted by atomic mass is 10.4. The second kappa shape index (κ2) is 4.99. The molecule has 2 aromatic heterocycles. The van der Waals surface area contributed by atoms with Gasteiger partial charge in [0, 0.05) is 16.9 Å². The highest BCUT2D eigenvalue weighted by Gasteiger charge is 2.16. The van der Waals surface area contributed by atoms with E-state index in [1.165, 1.54) is 30.9 Å². The molecular weight excluding hydrogens is 320 g/mol. The van der Waals surface area contributed by atoms with Gasteiger partial charge in [0.2, 0.25) is 0 Å². The number of sulfonamides is 1. The summed E-state index contributed by atoms with van der Waals surface area (Å²) in [5.41, 5.74) is 0.719. The molecule has 94 valence electrons. The number of pyridine rings is 1. The summed E-state index contributed by atoms with van der Waals surface area (Å²) in [7, 11) is -3.69. The second-order valence-corrected chi connectivity index (χ2v) is 5.98. The van der Waals surface area contributed by atoms with Gasteiger partial charge in [-0.3, -0.25) is 9.71 Å². The van der Waals surface area contributed by atoms with Gasteiger partial charge in [0.05, 0.1) is 5.69 Å². The quantitative estimate of drug-likeness (QED) is 0.927. The maximum atomic E-state index is 12.0. The van der Waals surface area contributed by atoms with Gasteiger partial charge in [-0.2, -0.15) is 0 Å². The number of hydrogen-bond acceptors (Lipinski definition) is 5. The van der Waals surface area contributed by atoms with Gasteiger partial charge in [-0.1, -0.05) is 0 Å². The Labute approximate surface area is 113 Å². The summed E-state index contributed by atoms with van der Waals surface area (Å²) in [5, 5.41) is 0. The van der Waals surface area contributed by atoms with Crippen molar-refractivity contribution < 1.29 is 8.42 Å². The number of halogens is 1. The average Bonchev–Trinajstić information content (AvgIpc) is 2.33. The van der Waals surface area contributed by atoms with Gasteiger partial charge in [0.25, 0.3) is 10.0 Å². The van der Waals surface area contributed by atoms with E-state index >= 15 is 0 Å². The molecule has 0 saturated carbocycles. The van der Waals surface area contributed by atoms with Crippen LogP contribution in [0.1, 0.15) is 5.69 Å². The summed E-state index contributed by atoms with van der Waals surface area (Å²) in [5.74, 6) is 0.210. The Morgan fingerprint density at radius 3 is 2.72 bits per heavy atom. The molecule has 0 fully saturated rings. The highest BCUT2D eigenvalue weighted by Crippen LogP contribution is 2.19. The monoisotopic (exact) mass is 328 g/mol. The lowest BCUT2D eigenvalue weighted by Crippen LogP contribution is -2.14. The van der Waals surface area contributed by atoms with E-state index in [1.807, 2.05) is 0 Å². The fourth-order valence-corrected chi connectivity index (χ4v) is 2.66. The summed E-state index contributed by atoms with van der Waals surface area (Å²) in [6.45, 7) is 1.78. The number of rotatable bonds is 3. The third kappa shape index (κ3) is 2.82. The first kappa shape index (κ1) is 12.9. The van der Waals surface area contributed by atoms with Gasteiger partial charge in [0.1, 0.15) is 17.0 Å². The first-order chi connectivity index (χ1) is 8.49. The van der Waals surface area contributed by atoms with Crippen molar-refractivity contribution >= 4 is 31.8 Å². The van der Waals surface area contributed by atoms with Crippen LogP contribution in [0.3, 0.4) is 0 Å². The lowest BCUT2D eigenvalue weighted by Gasteiger charge is -2.07. The highest BCUT2D eigenvalue weighted by atomic mass is 79.9. The molecule has 2 aromatic rings. The molecule has 1 N–H and O–H groups in total. The molecule has 0 aromatic carbocycles. The van der Waals surface area contributed by atoms with Crippen LogP contribution >= 0.6 is 15.9 Å². The summed E-state index contributed by atoms with van der Waals surface area (Å²) in [6.07, 6.45) is 4.01. The van der Waals surface area contributed by atoms with Crippen molar-refractivity contribution in [3.8, 4) is 0 Å². The lowest BCUT2D eigenvalue weighted by molar-refractivity contribution is 0.600. The normalized spacial score (nSPS) is 11.2. The minimum Gasteiger partial charge on any atom is -0.263 e. The molecule has 0 bridgehead atoms. The Morgan fingerprint density at radius 2 is 2.11 bits per heavy atom. The molecule has 6 nitrogen and oxygen atoms in total. The smallest absolute Gasteiger partial charge is 0.263 e. The Hall–Kier alpha value is -1.54. The van der Waals surface area contributed by atoms with E-state index in [9.17, 15) is 8.42 Å². The van der Waals surface area contributed by atoms with Crippen molar-refractivity contribution in [3.63, 3.8) is 0 Å². The van der Waals surface area contributed by atoms with Gasteiger partial charge in [-0.25, -0.2) is 18.4 Å². The molecule has 0 amide bonds. The molecule has 0 radical (unpaired) electrons. The number of hydrogen-bond donors (Lipinski definition) is 1. The molecule has 0 atom stereocenters. The first-order valence-corrected chi connectivity index (χ1v) is 7.17. The average molecular weight is 329 g/mol. The fourth-order valence-electron chi connectivity index (χ4n) is 1.18. The zero-order valence-electron chi connectivity index (χ0n) is 9.33. The van der Waals surface area contributed by atoms with Crippen molar-refractivity contribution in [1.82, 2.24) is 15.0 Å². The Kier molecular flexibility index (Phi) is 3.58. The van der Waals surface area contributed by atoms with Crippen LogP contribution in [0, 0.1) is 6.92 Å². The minimum atomic E-state index is -3.69. The molecule has 0 aliphatic carbocycles. The standard InChI is InChI=1S/C10H9BrN4O2S/c1-7-9(11)4-8(5-13-7)18(16,17)15-10-2-3-12-6-14-10/h2-6H,1H3,(H,12,14,15). The Morgan fingerprint density at radius 1 is 1.33 bits per heavy atom. The van der Waals surface area contributed by atoms with Crippen molar-refractivity contribution in [1.29, 1.82) is 0 Å². The van der Waals surface area contributed by atoms with Gasteiger partial charge < -0.3 is 0 Å². The molecule has 0 spiro atoms. The zero-order chi connectivity index (χ0) is 13.2. The van der Waals surface area contributed by atoms with Crippen LogP contribution in [0.25, 0.3) is 0 Å². The van der Waals surface area contributed by atoms with Crippen LogP contribution < -0.4 is 4.72 Å². The van der Waals surface area contributed by atoms with Crippen LogP contribution in [0.5, 0.6) is 0 Å². The molecule has 8 heteroatoms. The van der Waals surface area contributed by atoms with Crippen LogP contribution in [0.2, 0.25) is 0 Å². The summed E-state index contributed by atoms with van der Waals surface area (Å²) in [6, 6.07) is 2.96. The number of aromatic nitrogens is 3. The topological polar surface area (TPSA) is 84.8 Å². The Bertz CT molecular complexity index is 661. The third-order valence-corrected chi connectivity index (χ3v) is 4.26. The van der Waals surface area contributed by atoms with Crippen LogP contribution in [-0.2, 0) is 10.0 Å². The van der Waals surface area contributed by atoms with Crippen LogP contribution in [0.15, 0.2) is 40.2 Å². The number of nitrogens with one attached hydrogen (secondary N) is 1. The van der Waals surface area contributed by atoms with Crippen molar-refractivity contribution in [3.05, 3.63) is 41.0 Å². The third-order valence-electron chi connectivity index (χ3n) is 2.13. The summed E-state index contributed by atoms with van der Waals surface area (Å²) >= 11 is 3.24. The van der Waals surface area contributed by atoms with Gasteiger partial charge in [-0.15, -0.1) is 0 Å². The maximum absolute atomic E-state index is 12.0. The molecule has 0 aliphatic rings. The van der Waals surface area contributed by atoms with Gasteiger partial charge in [-0.05, 0) is 35.0 Å². The minimum absolute atomic E-state index is 0.0681. The number of nitrogens with zero attached hydrogens (tertiary/aromatic N) is 3. The van der Waals surface area contributed by atoms with Gasteiger partial charge >= 0.3 is 0 Å². The van der Waals surface area contributed by atoms with Crippen LogP contribution in [0.4, 0.5) is 5.82 Å². The molecule has 0 unspecified atom stereocenters. The Balaban J connectivity index is 2.34. The summed E-state index contributed by atoms with van der Waals surface area (Å²) in [4.78, 5) is 11.6. The van der Waals surface area contributed by atoms with Crippen molar-refractivity contribution in [2.24, 2.45) is 0 Å². The maximum Gasteiger partial charge on any atom is 0.264 e. The van der Waals surface area contributed by atoms with E-state index in [0.29, 0.717) is 4.47 Å². The molecule has 0 aliphatic heterocycles. The van der Waals surface area contributed by atoms with E-state index in [0.717, 1.165) is 5.69 Å². The molecule has 18 heavy (non-hydrogen) atoms. The number of aryl methyl sites for hydroxylation is 1. The second-order valence-electron chi connectivity index (χ2n) is 3.44. The van der Waals surface area contributed by atoms with E-state index in [-0.39, 0.29) is 10.7 Å². The van der Waals surface area contributed by atoms with Crippen LogP contribution in [-0.4, -0.2) is 23.4 Å². The molecule has 2 heterocycles. The van der Waals surface area contributed by atoms with Gasteiger partial charge in [0.15, 0.2) is 0 Å². The predicted molar refractivity (Wildman–Crippen MR) is 69.5 cm³/mol.